The summed E-state index contributed by atoms with van der Waals surface area (Å²) in [4.78, 5) is 2.31. The highest BCUT2D eigenvalue weighted by Gasteiger charge is 2.30. The summed E-state index contributed by atoms with van der Waals surface area (Å²) >= 11 is 0. The maximum absolute atomic E-state index is 11.3. The van der Waals surface area contributed by atoms with Crippen LogP contribution in [-0.4, -0.2) is 57.0 Å². The van der Waals surface area contributed by atoms with Gasteiger partial charge < -0.3 is 10.2 Å². The van der Waals surface area contributed by atoms with Gasteiger partial charge in [-0.1, -0.05) is 0 Å². The molecule has 15 heavy (non-hydrogen) atoms. The molecule has 0 bridgehead atoms. The van der Waals surface area contributed by atoms with Crippen molar-refractivity contribution >= 4 is 9.84 Å². The van der Waals surface area contributed by atoms with Crippen molar-refractivity contribution in [2.75, 3.05) is 31.6 Å². The van der Waals surface area contributed by atoms with E-state index in [9.17, 15) is 8.42 Å². The zero-order chi connectivity index (χ0) is 10.9. The van der Waals surface area contributed by atoms with Gasteiger partial charge in [-0.05, 0) is 32.9 Å². The first-order valence-corrected chi connectivity index (χ1v) is 7.52. The molecule has 2 rings (SSSR count). The number of likely N-dealkylation sites (N-methyl/N-ethyl adjacent to an activating group) is 1. The second kappa shape index (κ2) is 4.39. The maximum atomic E-state index is 11.3. The lowest BCUT2D eigenvalue weighted by Gasteiger charge is -2.32. The van der Waals surface area contributed by atoms with E-state index in [0.29, 0.717) is 17.5 Å². The number of likely N-dealkylation sites (tertiary alicyclic amines) is 1. The fourth-order valence-electron chi connectivity index (χ4n) is 2.56. The molecule has 2 aliphatic heterocycles. The molecule has 4 nitrogen and oxygen atoms in total. The summed E-state index contributed by atoms with van der Waals surface area (Å²) in [5.74, 6) is 0.709. The molecule has 5 heteroatoms. The highest BCUT2D eigenvalue weighted by atomic mass is 32.2. The van der Waals surface area contributed by atoms with E-state index in [4.69, 9.17) is 0 Å². The summed E-state index contributed by atoms with van der Waals surface area (Å²) in [6.07, 6.45) is 3.19. The first-order chi connectivity index (χ1) is 7.05. The largest absolute Gasteiger partial charge is 0.309 e. The van der Waals surface area contributed by atoms with E-state index in [2.05, 4.69) is 17.3 Å². The van der Waals surface area contributed by atoms with Crippen molar-refractivity contribution in [2.45, 2.75) is 31.3 Å². The van der Waals surface area contributed by atoms with E-state index in [1.807, 2.05) is 0 Å². The van der Waals surface area contributed by atoms with Crippen molar-refractivity contribution < 1.29 is 8.42 Å². The van der Waals surface area contributed by atoms with Crippen LogP contribution < -0.4 is 5.32 Å². The molecule has 0 saturated carbocycles. The van der Waals surface area contributed by atoms with Gasteiger partial charge in [-0.2, -0.15) is 0 Å². The summed E-state index contributed by atoms with van der Waals surface area (Å²) in [5.41, 5.74) is 0. The average Bonchev–Trinajstić information content (AvgIpc) is 2.45. The van der Waals surface area contributed by atoms with E-state index in [-0.39, 0.29) is 6.04 Å². The molecule has 0 amide bonds. The third-order valence-corrected chi connectivity index (χ3v) is 5.10. The molecular weight excluding hydrogens is 212 g/mol. The molecule has 0 aromatic rings. The fourth-order valence-corrected chi connectivity index (χ4v) is 4.25. The number of sulfone groups is 1. The minimum Gasteiger partial charge on any atom is -0.309 e. The van der Waals surface area contributed by atoms with Crippen LogP contribution in [0.1, 0.15) is 19.3 Å². The molecule has 2 aliphatic rings. The second-order valence-electron chi connectivity index (χ2n) is 4.87. The van der Waals surface area contributed by atoms with Gasteiger partial charge in [0.2, 0.25) is 0 Å². The van der Waals surface area contributed by atoms with Crippen LogP contribution >= 0.6 is 0 Å². The zero-order valence-corrected chi connectivity index (χ0v) is 10.1. The topological polar surface area (TPSA) is 49.4 Å². The molecule has 2 unspecified atom stereocenters. The molecular formula is C10H20N2O2S. The SMILES string of the molecule is CN1CCCC(NC2CCS(=O)(=O)C2)C1. The fraction of sp³-hybridized carbons (Fsp3) is 1.00. The Bertz CT molecular complexity index is 315. The summed E-state index contributed by atoms with van der Waals surface area (Å²) < 4.78 is 22.6. The minimum atomic E-state index is -2.74. The predicted octanol–water partition coefficient (Wildman–Crippen LogP) is -0.143. The van der Waals surface area contributed by atoms with Gasteiger partial charge in [0.05, 0.1) is 11.5 Å². The van der Waals surface area contributed by atoms with E-state index in [1.54, 1.807) is 0 Å². The lowest BCUT2D eigenvalue weighted by Crippen LogP contribution is -2.48. The van der Waals surface area contributed by atoms with Crippen LogP contribution in [0.25, 0.3) is 0 Å². The Balaban J connectivity index is 1.82. The number of nitrogens with zero attached hydrogens (tertiary/aromatic N) is 1. The van der Waals surface area contributed by atoms with Crippen LogP contribution in [0.15, 0.2) is 0 Å². The Hall–Kier alpha value is -0.130. The van der Waals surface area contributed by atoms with Gasteiger partial charge in [0.25, 0.3) is 0 Å². The van der Waals surface area contributed by atoms with Crippen molar-refractivity contribution in [3.05, 3.63) is 0 Å². The highest BCUT2D eigenvalue weighted by Crippen LogP contribution is 2.15. The van der Waals surface area contributed by atoms with Gasteiger partial charge in [0.15, 0.2) is 9.84 Å². The normalized spacial score (nSPS) is 36.9. The lowest BCUT2D eigenvalue weighted by atomic mass is 10.1. The van der Waals surface area contributed by atoms with Crippen LogP contribution in [0.2, 0.25) is 0 Å². The van der Waals surface area contributed by atoms with Gasteiger partial charge in [0, 0.05) is 18.6 Å². The summed E-state index contributed by atoms with van der Waals surface area (Å²) in [6, 6.07) is 0.688. The molecule has 2 heterocycles. The van der Waals surface area contributed by atoms with Crippen LogP contribution in [-0.2, 0) is 9.84 Å². The smallest absolute Gasteiger partial charge is 0.151 e. The molecule has 0 aromatic heterocycles. The number of hydrogen-bond acceptors (Lipinski definition) is 4. The summed E-state index contributed by atoms with van der Waals surface area (Å²) in [7, 11) is -0.612. The molecule has 2 fully saturated rings. The van der Waals surface area contributed by atoms with E-state index in [0.717, 1.165) is 13.0 Å². The van der Waals surface area contributed by atoms with Crippen molar-refractivity contribution in [3.63, 3.8) is 0 Å². The Labute approximate surface area is 91.9 Å². The zero-order valence-electron chi connectivity index (χ0n) is 9.28. The highest BCUT2D eigenvalue weighted by molar-refractivity contribution is 7.91. The molecule has 2 atom stereocenters. The van der Waals surface area contributed by atoms with Crippen LogP contribution in [0.4, 0.5) is 0 Å². The summed E-state index contributed by atoms with van der Waals surface area (Å²) in [5, 5.41) is 3.48. The quantitative estimate of drug-likeness (QED) is 0.720. The van der Waals surface area contributed by atoms with E-state index in [1.165, 1.54) is 19.4 Å². The third kappa shape index (κ3) is 3.16. The average molecular weight is 232 g/mol. The van der Waals surface area contributed by atoms with Crippen LogP contribution in [0, 0.1) is 0 Å². The van der Waals surface area contributed by atoms with Crippen molar-refractivity contribution in [3.8, 4) is 0 Å². The first-order valence-electron chi connectivity index (χ1n) is 5.70. The molecule has 0 aromatic carbocycles. The van der Waals surface area contributed by atoms with Gasteiger partial charge in [-0.15, -0.1) is 0 Å². The maximum Gasteiger partial charge on any atom is 0.151 e. The number of rotatable bonds is 2. The molecule has 0 aliphatic carbocycles. The Morgan fingerprint density at radius 3 is 2.67 bits per heavy atom. The lowest BCUT2D eigenvalue weighted by molar-refractivity contribution is 0.219. The first kappa shape index (κ1) is 11.4. The van der Waals surface area contributed by atoms with Gasteiger partial charge in [0.1, 0.15) is 0 Å². The molecule has 1 N–H and O–H groups in total. The Morgan fingerprint density at radius 2 is 2.07 bits per heavy atom. The van der Waals surface area contributed by atoms with Crippen molar-refractivity contribution in [1.82, 2.24) is 10.2 Å². The Morgan fingerprint density at radius 1 is 1.27 bits per heavy atom. The predicted molar refractivity (Wildman–Crippen MR) is 60.7 cm³/mol. The second-order valence-corrected chi connectivity index (χ2v) is 7.10. The van der Waals surface area contributed by atoms with E-state index < -0.39 is 9.84 Å². The van der Waals surface area contributed by atoms with Gasteiger partial charge >= 0.3 is 0 Å². The van der Waals surface area contributed by atoms with Crippen molar-refractivity contribution in [1.29, 1.82) is 0 Å². The standard InChI is InChI=1S/C10H20N2O2S/c1-12-5-2-3-9(7-12)11-10-4-6-15(13,14)8-10/h9-11H,2-8H2,1H3. The molecule has 0 radical (unpaired) electrons. The number of hydrogen-bond donors (Lipinski definition) is 1. The van der Waals surface area contributed by atoms with Crippen LogP contribution in [0.3, 0.4) is 0 Å². The molecule has 2 saturated heterocycles. The third-order valence-electron chi connectivity index (χ3n) is 3.33. The van der Waals surface area contributed by atoms with Crippen LogP contribution in [0.5, 0.6) is 0 Å². The van der Waals surface area contributed by atoms with Gasteiger partial charge in [-0.25, -0.2) is 8.42 Å². The summed E-state index contributed by atoms with van der Waals surface area (Å²) in [6.45, 7) is 2.22. The monoisotopic (exact) mass is 232 g/mol. The number of piperidine rings is 1. The minimum absolute atomic E-state index is 0.200. The van der Waals surface area contributed by atoms with E-state index >= 15 is 0 Å². The Kier molecular flexibility index (Phi) is 3.33. The molecule has 0 spiro atoms. The molecule has 88 valence electrons. The number of nitrogens with one attached hydrogen (secondary N) is 1. The van der Waals surface area contributed by atoms with Crippen molar-refractivity contribution in [2.24, 2.45) is 0 Å². The van der Waals surface area contributed by atoms with Gasteiger partial charge in [-0.3, -0.25) is 0 Å².